The SMILES string of the molecule is Cc1c(NC(=O)c2cc3c(s2)CCCC3)cccc1-c1ccnc(Nc2ccc(C(=O)N3CCC(C)CC3)cc2)n1. The summed E-state index contributed by atoms with van der Waals surface area (Å²) in [6.07, 6.45) is 8.39. The van der Waals surface area contributed by atoms with E-state index < -0.39 is 0 Å². The fraction of sp³-hybridized carbons (Fsp3) is 0.333. The normalized spacial score (nSPS) is 15.3. The van der Waals surface area contributed by atoms with Crippen molar-refractivity contribution in [3.63, 3.8) is 0 Å². The van der Waals surface area contributed by atoms with Crippen LogP contribution in [0, 0.1) is 12.8 Å². The van der Waals surface area contributed by atoms with Gasteiger partial charge in [-0.25, -0.2) is 9.97 Å². The van der Waals surface area contributed by atoms with Crippen LogP contribution < -0.4 is 10.6 Å². The molecular weight excluding hydrogens is 530 g/mol. The summed E-state index contributed by atoms with van der Waals surface area (Å²) in [5.41, 5.74) is 6.23. The lowest BCUT2D eigenvalue weighted by Crippen LogP contribution is -2.37. The molecule has 0 unspecified atom stereocenters. The van der Waals surface area contributed by atoms with Crippen LogP contribution in [-0.4, -0.2) is 39.8 Å². The molecule has 1 saturated heterocycles. The van der Waals surface area contributed by atoms with Crippen LogP contribution in [0.25, 0.3) is 11.3 Å². The minimum absolute atomic E-state index is 0.0635. The predicted molar refractivity (Wildman–Crippen MR) is 165 cm³/mol. The van der Waals surface area contributed by atoms with Crippen molar-refractivity contribution in [1.82, 2.24) is 14.9 Å². The number of anilines is 3. The number of piperidine rings is 1. The molecular formula is C33H35N5O2S. The minimum atomic E-state index is -0.0635. The lowest BCUT2D eigenvalue weighted by Gasteiger charge is -2.30. The first-order valence-electron chi connectivity index (χ1n) is 14.5. The third kappa shape index (κ3) is 6.03. The van der Waals surface area contributed by atoms with E-state index in [0.29, 0.717) is 17.4 Å². The van der Waals surface area contributed by atoms with Crippen LogP contribution in [0.5, 0.6) is 0 Å². The summed E-state index contributed by atoms with van der Waals surface area (Å²) >= 11 is 1.62. The summed E-state index contributed by atoms with van der Waals surface area (Å²) in [6, 6.07) is 17.3. The summed E-state index contributed by atoms with van der Waals surface area (Å²) < 4.78 is 0. The van der Waals surface area contributed by atoms with Crippen molar-refractivity contribution in [2.75, 3.05) is 23.7 Å². The number of aromatic nitrogens is 2. The number of hydrogen-bond acceptors (Lipinski definition) is 6. The van der Waals surface area contributed by atoms with Crippen molar-refractivity contribution in [1.29, 1.82) is 0 Å². The van der Waals surface area contributed by atoms with Gasteiger partial charge in [-0.05, 0) is 105 Å². The van der Waals surface area contributed by atoms with E-state index in [4.69, 9.17) is 4.98 Å². The Morgan fingerprint density at radius 3 is 2.56 bits per heavy atom. The van der Waals surface area contributed by atoms with E-state index in [0.717, 1.165) is 71.8 Å². The number of rotatable bonds is 6. The van der Waals surface area contributed by atoms with Gasteiger partial charge in [-0.3, -0.25) is 9.59 Å². The van der Waals surface area contributed by atoms with E-state index >= 15 is 0 Å². The summed E-state index contributed by atoms with van der Waals surface area (Å²) in [4.78, 5) is 39.2. The van der Waals surface area contributed by atoms with Crippen LogP contribution in [0.2, 0.25) is 0 Å². The molecule has 210 valence electrons. The number of nitrogens with one attached hydrogen (secondary N) is 2. The fourth-order valence-corrected chi connectivity index (χ4v) is 6.77. The molecule has 0 atom stereocenters. The predicted octanol–water partition coefficient (Wildman–Crippen LogP) is 7.26. The number of aryl methyl sites for hydroxylation is 2. The Hall–Kier alpha value is -4.04. The van der Waals surface area contributed by atoms with Crippen molar-refractivity contribution in [2.45, 2.75) is 52.4 Å². The number of likely N-dealkylation sites (tertiary alicyclic amines) is 1. The first-order valence-corrected chi connectivity index (χ1v) is 15.3. The van der Waals surface area contributed by atoms with Gasteiger partial charge in [0, 0.05) is 46.7 Å². The standard InChI is InChI=1S/C33H35N5O2S/c1-21-15-18-38(19-16-21)32(40)23-10-12-25(13-11-23)35-33-34-17-14-28(37-33)26-7-5-8-27(22(26)2)36-31(39)30-20-24-6-3-4-9-29(24)41-30/h5,7-8,10-14,17,20-21H,3-4,6,9,15-16,18-19H2,1-2H3,(H,36,39)(H,34,35,37). The van der Waals surface area contributed by atoms with Gasteiger partial charge in [0.05, 0.1) is 10.6 Å². The van der Waals surface area contributed by atoms with Crippen LogP contribution in [0.15, 0.2) is 60.8 Å². The number of carbonyl (C=O) groups excluding carboxylic acids is 2. The highest BCUT2D eigenvalue weighted by atomic mass is 32.1. The zero-order valence-electron chi connectivity index (χ0n) is 23.6. The monoisotopic (exact) mass is 565 g/mol. The molecule has 2 aromatic heterocycles. The number of fused-ring (bicyclic) bond motifs is 1. The van der Waals surface area contributed by atoms with Crippen molar-refractivity contribution in [3.8, 4) is 11.3 Å². The number of benzene rings is 2. The second-order valence-electron chi connectivity index (χ2n) is 11.1. The van der Waals surface area contributed by atoms with Gasteiger partial charge in [0.2, 0.25) is 5.95 Å². The van der Waals surface area contributed by atoms with Gasteiger partial charge in [0.15, 0.2) is 0 Å². The van der Waals surface area contributed by atoms with Crippen molar-refractivity contribution in [3.05, 3.63) is 87.2 Å². The second-order valence-corrected chi connectivity index (χ2v) is 12.3. The second kappa shape index (κ2) is 11.8. The molecule has 41 heavy (non-hydrogen) atoms. The Kier molecular flexibility index (Phi) is 7.83. The number of thiophene rings is 1. The van der Waals surface area contributed by atoms with Gasteiger partial charge < -0.3 is 15.5 Å². The molecule has 2 N–H and O–H groups in total. The van der Waals surface area contributed by atoms with E-state index in [1.165, 1.54) is 23.3 Å². The lowest BCUT2D eigenvalue weighted by molar-refractivity contribution is 0.0697. The Labute approximate surface area is 245 Å². The van der Waals surface area contributed by atoms with Crippen LogP contribution in [-0.2, 0) is 12.8 Å². The molecule has 1 aliphatic carbocycles. The van der Waals surface area contributed by atoms with E-state index in [2.05, 4.69) is 28.6 Å². The molecule has 1 fully saturated rings. The molecule has 1 aliphatic heterocycles. The first-order chi connectivity index (χ1) is 19.9. The molecule has 6 rings (SSSR count). The molecule has 8 heteroatoms. The Morgan fingerprint density at radius 1 is 1.00 bits per heavy atom. The third-order valence-corrected chi connectivity index (χ3v) is 9.43. The summed E-state index contributed by atoms with van der Waals surface area (Å²) in [5, 5.41) is 6.38. The zero-order chi connectivity index (χ0) is 28.3. The van der Waals surface area contributed by atoms with Gasteiger partial charge in [0.1, 0.15) is 0 Å². The van der Waals surface area contributed by atoms with Crippen LogP contribution in [0.1, 0.15) is 68.6 Å². The highest BCUT2D eigenvalue weighted by Gasteiger charge is 2.22. The topological polar surface area (TPSA) is 87.2 Å². The van der Waals surface area contributed by atoms with E-state index in [1.54, 1.807) is 17.5 Å². The summed E-state index contributed by atoms with van der Waals surface area (Å²) in [7, 11) is 0. The number of amides is 2. The molecule has 2 aliphatic rings. The number of nitrogens with zero attached hydrogens (tertiary/aromatic N) is 3. The molecule has 2 aromatic carbocycles. The molecule has 3 heterocycles. The van der Waals surface area contributed by atoms with Crippen molar-refractivity contribution >= 4 is 40.5 Å². The minimum Gasteiger partial charge on any atom is -0.339 e. The lowest BCUT2D eigenvalue weighted by atomic mass is 9.98. The third-order valence-electron chi connectivity index (χ3n) is 8.19. The molecule has 0 radical (unpaired) electrons. The Balaban J connectivity index is 1.14. The number of hydrogen-bond donors (Lipinski definition) is 2. The molecule has 0 saturated carbocycles. The quantitative estimate of drug-likeness (QED) is 0.257. The maximum Gasteiger partial charge on any atom is 0.265 e. The summed E-state index contributed by atoms with van der Waals surface area (Å²) in [6.45, 7) is 5.88. The Morgan fingerprint density at radius 2 is 1.78 bits per heavy atom. The molecule has 0 bridgehead atoms. The van der Waals surface area contributed by atoms with E-state index in [-0.39, 0.29) is 11.8 Å². The van der Waals surface area contributed by atoms with Gasteiger partial charge in [-0.15, -0.1) is 11.3 Å². The average Bonchev–Trinajstić information content (AvgIpc) is 3.44. The molecule has 2 amide bonds. The maximum atomic E-state index is 13.1. The van der Waals surface area contributed by atoms with Crippen molar-refractivity contribution < 1.29 is 9.59 Å². The molecule has 7 nitrogen and oxygen atoms in total. The highest BCUT2D eigenvalue weighted by molar-refractivity contribution is 7.14. The fourth-order valence-electron chi connectivity index (χ4n) is 5.62. The molecule has 4 aromatic rings. The maximum absolute atomic E-state index is 13.1. The van der Waals surface area contributed by atoms with Gasteiger partial charge in [-0.2, -0.15) is 0 Å². The van der Waals surface area contributed by atoms with E-state index in [1.807, 2.05) is 60.4 Å². The number of carbonyl (C=O) groups is 2. The average molecular weight is 566 g/mol. The van der Waals surface area contributed by atoms with Crippen LogP contribution in [0.3, 0.4) is 0 Å². The summed E-state index contributed by atoms with van der Waals surface area (Å²) in [5.74, 6) is 1.17. The van der Waals surface area contributed by atoms with Gasteiger partial charge in [-0.1, -0.05) is 19.1 Å². The highest BCUT2D eigenvalue weighted by Crippen LogP contribution is 2.32. The largest absolute Gasteiger partial charge is 0.339 e. The Bertz CT molecular complexity index is 1550. The molecule has 0 spiro atoms. The van der Waals surface area contributed by atoms with Crippen molar-refractivity contribution in [2.24, 2.45) is 5.92 Å². The first kappa shape index (κ1) is 27.1. The van der Waals surface area contributed by atoms with E-state index in [9.17, 15) is 9.59 Å². The zero-order valence-corrected chi connectivity index (χ0v) is 24.4. The van der Waals surface area contributed by atoms with Gasteiger partial charge >= 0.3 is 0 Å². The van der Waals surface area contributed by atoms with Gasteiger partial charge in [0.25, 0.3) is 11.8 Å². The smallest absolute Gasteiger partial charge is 0.265 e. The van der Waals surface area contributed by atoms with Crippen LogP contribution in [0.4, 0.5) is 17.3 Å². The van der Waals surface area contributed by atoms with Crippen LogP contribution >= 0.6 is 11.3 Å².